The molecule has 0 aliphatic rings. The quantitative estimate of drug-likeness (QED) is 0.823. The maximum Gasteiger partial charge on any atom is 0.410 e. The number of aryl methyl sites for hydroxylation is 2. The number of rotatable bonds is 2. The van der Waals surface area contributed by atoms with Crippen LogP contribution in [0.1, 0.15) is 23.6 Å². The first kappa shape index (κ1) is 13.0. The number of benzene rings is 1. The van der Waals surface area contributed by atoms with Crippen molar-refractivity contribution in [2.45, 2.75) is 32.5 Å². The zero-order chi connectivity index (χ0) is 12.6. The van der Waals surface area contributed by atoms with Gasteiger partial charge in [0.25, 0.3) is 0 Å². The van der Waals surface area contributed by atoms with E-state index >= 15 is 0 Å². The lowest BCUT2D eigenvalue weighted by Crippen LogP contribution is -2.49. The number of hydrogen-bond acceptors (Lipinski definition) is 1. The van der Waals surface area contributed by atoms with Crippen LogP contribution in [0.5, 0.6) is 0 Å². The molecule has 0 fully saturated rings. The fraction of sp³-hybridized carbons (Fsp3) is 0.500. The summed E-state index contributed by atoms with van der Waals surface area (Å²) in [5.74, 6) is 0. The summed E-state index contributed by atoms with van der Waals surface area (Å²) in [6.45, 7) is 4.84. The molecule has 0 heterocycles. The van der Waals surface area contributed by atoms with E-state index in [-0.39, 0.29) is 5.56 Å². The van der Waals surface area contributed by atoms with Crippen molar-refractivity contribution in [2.24, 2.45) is 0 Å². The zero-order valence-electron chi connectivity index (χ0n) is 9.87. The lowest BCUT2D eigenvalue weighted by molar-refractivity contribution is -0.193. The van der Waals surface area contributed by atoms with E-state index in [0.717, 1.165) is 18.1 Å². The second-order valence-electron chi connectivity index (χ2n) is 4.17. The summed E-state index contributed by atoms with van der Waals surface area (Å²) in [6, 6.07) is 4.82. The average Bonchev–Trinajstić information content (AvgIpc) is 2.19. The number of alkyl halides is 3. The molecule has 0 aromatic heterocycles. The Morgan fingerprint density at radius 2 is 1.62 bits per heavy atom. The van der Waals surface area contributed by atoms with Crippen molar-refractivity contribution >= 4 is 0 Å². The van der Waals surface area contributed by atoms with Gasteiger partial charge in [-0.05, 0) is 44.5 Å². The molecule has 1 nitrogen and oxygen atoms in total. The van der Waals surface area contributed by atoms with Gasteiger partial charge in [-0.2, -0.15) is 13.2 Å². The lowest BCUT2D eigenvalue weighted by atomic mass is 9.89. The molecule has 1 aromatic rings. The smallest absolute Gasteiger partial charge is 0.303 e. The summed E-state index contributed by atoms with van der Waals surface area (Å²) < 4.78 is 38.9. The lowest BCUT2D eigenvalue weighted by Gasteiger charge is -2.32. The third-order valence-corrected chi connectivity index (χ3v) is 3.15. The van der Waals surface area contributed by atoms with E-state index in [1.165, 1.54) is 13.1 Å². The Morgan fingerprint density at radius 3 is 2.00 bits per heavy atom. The molecule has 0 saturated carbocycles. The topological polar surface area (TPSA) is 12.0 Å². The molecule has 90 valence electrons. The van der Waals surface area contributed by atoms with E-state index in [0.29, 0.717) is 0 Å². The van der Waals surface area contributed by atoms with Gasteiger partial charge in [0.15, 0.2) is 0 Å². The minimum Gasteiger partial charge on any atom is -0.303 e. The fourth-order valence-electron chi connectivity index (χ4n) is 1.50. The maximum absolute atomic E-state index is 13.0. The molecule has 0 radical (unpaired) electrons. The number of nitrogens with one attached hydrogen (secondary N) is 1. The van der Waals surface area contributed by atoms with Crippen LogP contribution in [-0.2, 0) is 5.54 Å². The van der Waals surface area contributed by atoms with Crippen molar-refractivity contribution in [3.05, 3.63) is 34.9 Å². The number of halogens is 3. The minimum atomic E-state index is -4.32. The van der Waals surface area contributed by atoms with Crippen LogP contribution < -0.4 is 5.32 Å². The molecule has 0 bridgehead atoms. The molecule has 0 amide bonds. The van der Waals surface area contributed by atoms with Gasteiger partial charge in [0.1, 0.15) is 5.54 Å². The van der Waals surface area contributed by atoms with E-state index < -0.39 is 11.7 Å². The van der Waals surface area contributed by atoms with Gasteiger partial charge in [0.05, 0.1) is 0 Å². The molecule has 1 N–H and O–H groups in total. The molecule has 1 unspecified atom stereocenters. The van der Waals surface area contributed by atoms with Crippen molar-refractivity contribution in [3.63, 3.8) is 0 Å². The molecular weight excluding hydrogens is 215 g/mol. The first-order chi connectivity index (χ1) is 7.22. The first-order valence-corrected chi connectivity index (χ1v) is 5.05. The van der Waals surface area contributed by atoms with Crippen LogP contribution in [0, 0.1) is 13.8 Å². The Kier molecular flexibility index (Phi) is 3.33. The molecule has 0 saturated heterocycles. The predicted molar refractivity (Wildman–Crippen MR) is 58.4 cm³/mol. The highest BCUT2D eigenvalue weighted by atomic mass is 19.4. The molecule has 4 heteroatoms. The van der Waals surface area contributed by atoms with Crippen molar-refractivity contribution in [2.75, 3.05) is 7.05 Å². The van der Waals surface area contributed by atoms with Crippen molar-refractivity contribution in [1.29, 1.82) is 0 Å². The normalized spacial score (nSPS) is 15.9. The molecule has 1 aromatic carbocycles. The van der Waals surface area contributed by atoms with Gasteiger partial charge in [-0.25, -0.2) is 0 Å². The van der Waals surface area contributed by atoms with Gasteiger partial charge >= 0.3 is 6.18 Å². The Hall–Kier alpha value is -1.03. The van der Waals surface area contributed by atoms with E-state index in [2.05, 4.69) is 5.32 Å². The second kappa shape index (κ2) is 4.09. The van der Waals surface area contributed by atoms with Crippen LogP contribution in [-0.4, -0.2) is 13.2 Å². The van der Waals surface area contributed by atoms with E-state index in [9.17, 15) is 13.2 Å². The van der Waals surface area contributed by atoms with Crippen LogP contribution in [0.15, 0.2) is 18.2 Å². The van der Waals surface area contributed by atoms with Crippen molar-refractivity contribution in [3.8, 4) is 0 Å². The molecule has 1 atom stereocenters. The summed E-state index contributed by atoms with van der Waals surface area (Å²) in [5, 5.41) is 2.36. The second-order valence-corrected chi connectivity index (χ2v) is 4.17. The fourth-order valence-corrected chi connectivity index (χ4v) is 1.50. The SMILES string of the molecule is CNC(C)(c1ccc(C)c(C)c1)C(F)(F)F. The van der Waals surface area contributed by atoms with Gasteiger partial charge in [-0.3, -0.25) is 0 Å². The summed E-state index contributed by atoms with van der Waals surface area (Å²) >= 11 is 0. The summed E-state index contributed by atoms with van der Waals surface area (Å²) in [4.78, 5) is 0. The Morgan fingerprint density at radius 1 is 1.06 bits per heavy atom. The molecule has 0 aliphatic carbocycles. The van der Waals surface area contributed by atoms with E-state index in [1.807, 2.05) is 13.8 Å². The van der Waals surface area contributed by atoms with E-state index in [4.69, 9.17) is 0 Å². The van der Waals surface area contributed by atoms with Gasteiger partial charge in [-0.15, -0.1) is 0 Å². The first-order valence-electron chi connectivity index (χ1n) is 5.05. The highest BCUT2D eigenvalue weighted by molar-refractivity contribution is 5.34. The summed E-state index contributed by atoms with van der Waals surface area (Å²) in [5.41, 5.74) is 0.101. The van der Waals surface area contributed by atoms with Gasteiger partial charge in [-0.1, -0.05) is 18.2 Å². The third-order valence-electron chi connectivity index (χ3n) is 3.15. The summed E-state index contributed by atoms with van der Waals surface area (Å²) in [7, 11) is 1.32. The van der Waals surface area contributed by atoms with Gasteiger partial charge < -0.3 is 5.32 Å². The van der Waals surface area contributed by atoms with Crippen molar-refractivity contribution < 1.29 is 13.2 Å². The Balaban J connectivity index is 3.29. The van der Waals surface area contributed by atoms with Gasteiger partial charge in [0, 0.05) is 0 Å². The molecular formula is C12H16F3N. The monoisotopic (exact) mass is 231 g/mol. The minimum absolute atomic E-state index is 0.241. The van der Waals surface area contributed by atoms with Crippen LogP contribution in [0.4, 0.5) is 13.2 Å². The highest BCUT2D eigenvalue weighted by Gasteiger charge is 2.51. The Labute approximate surface area is 93.7 Å². The maximum atomic E-state index is 13.0. The zero-order valence-corrected chi connectivity index (χ0v) is 9.87. The molecule has 16 heavy (non-hydrogen) atoms. The summed E-state index contributed by atoms with van der Waals surface area (Å²) in [6.07, 6.45) is -4.32. The Bertz CT molecular complexity index is 384. The number of hydrogen-bond donors (Lipinski definition) is 1. The molecule has 0 aliphatic heterocycles. The van der Waals surface area contributed by atoms with Crippen LogP contribution >= 0.6 is 0 Å². The van der Waals surface area contributed by atoms with Crippen molar-refractivity contribution in [1.82, 2.24) is 5.32 Å². The molecule has 1 rings (SSSR count). The highest BCUT2D eigenvalue weighted by Crippen LogP contribution is 2.38. The average molecular weight is 231 g/mol. The van der Waals surface area contributed by atoms with Crippen LogP contribution in [0.25, 0.3) is 0 Å². The predicted octanol–water partition coefficient (Wildman–Crippen LogP) is 3.30. The third kappa shape index (κ3) is 2.07. The largest absolute Gasteiger partial charge is 0.410 e. The van der Waals surface area contributed by atoms with Crippen LogP contribution in [0.3, 0.4) is 0 Å². The standard InChI is InChI=1S/C12H16F3N/c1-8-5-6-10(7-9(8)2)11(3,16-4)12(13,14)15/h5-7,16H,1-4H3. The van der Waals surface area contributed by atoms with E-state index in [1.54, 1.807) is 12.1 Å². The van der Waals surface area contributed by atoms with Crippen LogP contribution in [0.2, 0.25) is 0 Å². The molecule has 0 spiro atoms. The van der Waals surface area contributed by atoms with Gasteiger partial charge in [0.2, 0.25) is 0 Å².